The van der Waals surface area contributed by atoms with Crippen LogP contribution >= 0.6 is 11.8 Å². The number of hydrogen-bond acceptors (Lipinski definition) is 4. The second-order valence-electron chi connectivity index (χ2n) is 2.00. The molecule has 0 aliphatic rings. The van der Waals surface area contributed by atoms with Gasteiger partial charge in [0, 0.05) is 6.20 Å². The predicted molar refractivity (Wildman–Crippen MR) is 42.6 cm³/mol. The molecule has 4 nitrogen and oxygen atoms in total. The van der Waals surface area contributed by atoms with Crippen molar-refractivity contribution in [1.29, 1.82) is 0 Å². The van der Waals surface area contributed by atoms with Crippen molar-refractivity contribution < 1.29 is 0 Å². The Bertz CT molecular complexity index is 369. The van der Waals surface area contributed by atoms with E-state index in [-0.39, 0.29) is 0 Å². The molecule has 2 rings (SSSR count). The molecule has 2 heterocycles. The fourth-order valence-corrected chi connectivity index (χ4v) is 1.40. The third kappa shape index (κ3) is 0.970. The van der Waals surface area contributed by atoms with Gasteiger partial charge in [-0.25, -0.2) is 0 Å². The van der Waals surface area contributed by atoms with Crippen LogP contribution in [0.1, 0.15) is 0 Å². The van der Waals surface area contributed by atoms with Gasteiger partial charge >= 0.3 is 0 Å². The molecule has 5 heteroatoms. The highest BCUT2D eigenvalue weighted by molar-refractivity contribution is 7.98. The summed E-state index contributed by atoms with van der Waals surface area (Å²) < 4.78 is 1.66. The minimum Gasteiger partial charge on any atom is -0.199 e. The van der Waals surface area contributed by atoms with Crippen molar-refractivity contribution in [2.24, 2.45) is 0 Å². The molecule has 0 radical (unpaired) electrons. The Balaban J connectivity index is 2.79. The molecule has 2 aromatic rings. The summed E-state index contributed by atoms with van der Waals surface area (Å²) in [5.74, 6) is 0. The number of thioether (sulfide) groups is 1. The lowest BCUT2D eigenvalue weighted by Crippen LogP contribution is -1.89. The molecule has 0 spiro atoms. The van der Waals surface area contributed by atoms with E-state index in [2.05, 4.69) is 15.3 Å². The van der Waals surface area contributed by atoms with E-state index in [9.17, 15) is 0 Å². The first kappa shape index (κ1) is 6.60. The summed E-state index contributed by atoms with van der Waals surface area (Å²) in [5.41, 5.74) is 0.819. The third-order valence-corrected chi connectivity index (χ3v) is 2.15. The maximum Gasteiger partial charge on any atom is 0.191 e. The van der Waals surface area contributed by atoms with Crippen LogP contribution in [-0.2, 0) is 0 Å². The Hall–Kier alpha value is -1.10. The fourth-order valence-electron chi connectivity index (χ4n) is 0.883. The SMILES string of the molecule is CSc1ccnn2cnnc12. The molecule has 0 bridgehead atoms. The van der Waals surface area contributed by atoms with Crippen LogP contribution in [0.4, 0.5) is 0 Å². The Morgan fingerprint density at radius 2 is 2.45 bits per heavy atom. The first-order valence-corrected chi connectivity index (χ1v) is 4.33. The van der Waals surface area contributed by atoms with E-state index < -0.39 is 0 Å². The first-order chi connectivity index (χ1) is 5.42. The maximum atomic E-state index is 4.03. The van der Waals surface area contributed by atoms with Gasteiger partial charge in [0.1, 0.15) is 6.33 Å². The lowest BCUT2D eigenvalue weighted by atomic mass is 10.5. The molecule has 56 valence electrons. The van der Waals surface area contributed by atoms with Gasteiger partial charge in [-0.1, -0.05) is 0 Å². The zero-order valence-electron chi connectivity index (χ0n) is 5.93. The van der Waals surface area contributed by atoms with Crippen molar-refractivity contribution in [2.45, 2.75) is 4.90 Å². The van der Waals surface area contributed by atoms with Gasteiger partial charge in [-0.15, -0.1) is 22.0 Å². The molecule has 0 N–H and O–H groups in total. The van der Waals surface area contributed by atoms with Gasteiger partial charge < -0.3 is 0 Å². The van der Waals surface area contributed by atoms with E-state index >= 15 is 0 Å². The normalized spacial score (nSPS) is 10.6. The van der Waals surface area contributed by atoms with Crippen LogP contribution in [0.15, 0.2) is 23.5 Å². The summed E-state index contributed by atoms with van der Waals surface area (Å²) in [4.78, 5) is 1.09. The topological polar surface area (TPSA) is 43.1 Å². The van der Waals surface area contributed by atoms with Gasteiger partial charge in [0.25, 0.3) is 0 Å². The van der Waals surface area contributed by atoms with Crippen LogP contribution in [0.5, 0.6) is 0 Å². The Kier molecular flexibility index (Phi) is 1.50. The molecular formula is C6H6N4S. The van der Waals surface area contributed by atoms with E-state index in [4.69, 9.17) is 0 Å². The first-order valence-electron chi connectivity index (χ1n) is 3.11. The average molecular weight is 166 g/mol. The quantitative estimate of drug-likeness (QED) is 0.589. The van der Waals surface area contributed by atoms with Crippen molar-refractivity contribution in [2.75, 3.05) is 6.26 Å². The van der Waals surface area contributed by atoms with Gasteiger partial charge in [-0.05, 0) is 12.3 Å². The van der Waals surface area contributed by atoms with Gasteiger partial charge in [0.2, 0.25) is 0 Å². The molecule has 11 heavy (non-hydrogen) atoms. The van der Waals surface area contributed by atoms with Gasteiger partial charge in [-0.3, -0.25) is 0 Å². The standard InChI is InChI=1S/C6H6N4S/c1-11-5-2-3-8-10-4-7-9-6(5)10/h2-4H,1H3. The highest BCUT2D eigenvalue weighted by Crippen LogP contribution is 2.16. The average Bonchev–Trinajstić information content (AvgIpc) is 2.50. The van der Waals surface area contributed by atoms with E-state index in [0.717, 1.165) is 10.5 Å². The molecule has 0 fully saturated rings. The maximum absolute atomic E-state index is 4.03. The van der Waals surface area contributed by atoms with Crippen molar-refractivity contribution in [3.8, 4) is 0 Å². The number of rotatable bonds is 1. The molecule has 0 saturated heterocycles. The van der Waals surface area contributed by atoms with Gasteiger partial charge in [0.15, 0.2) is 5.65 Å². The molecule has 0 aromatic carbocycles. The largest absolute Gasteiger partial charge is 0.199 e. The van der Waals surface area contributed by atoms with E-state index in [0.29, 0.717) is 0 Å². The zero-order valence-corrected chi connectivity index (χ0v) is 6.75. The minimum atomic E-state index is 0.819. The molecule has 2 aromatic heterocycles. The second kappa shape index (κ2) is 2.50. The van der Waals surface area contributed by atoms with Crippen molar-refractivity contribution >= 4 is 17.4 Å². The van der Waals surface area contributed by atoms with E-state index in [1.807, 2.05) is 12.3 Å². The molecule has 0 atom stereocenters. The lowest BCUT2D eigenvalue weighted by molar-refractivity contribution is 0.911. The Morgan fingerprint density at radius 1 is 1.55 bits per heavy atom. The summed E-state index contributed by atoms with van der Waals surface area (Å²) in [6, 6.07) is 1.93. The summed E-state index contributed by atoms with van der Waals surface area (Å²) in [7, 11) is 0. The number of fused-ring (bicyclic) bond motifs is 1. The van der Waals surface area contributed by atoms with Gasteiger partial charge in [-0.2, -0.15) is 9.61 Å². The molecule has 0 unspecified atom stereocenters. The Morgan fingerprint density at radius 3 is 3.27 bits per heavy atom. The molecule has 0 amide bonds. The summed E-state index contributed by atoms with van der Waals surface area (Å²) in [6.07, 6.45) is 5.33. The van der Waals surface area contributed by atoms with Crippen molar-refractivity contribution in [1.82, 2.24) is 19.8 Å². The summed E-state index contributed by atoms with van der Waals surface area (Å²) in [6.45, 7) is 0. The number of hydrogen-bond donors (Lipinski definition) is 0. The predicted octanol–water partition coefficient (Wildman–Crippen LogP) is 0.846. The van der Waals surface area contributed by atoms with Crippen LogP contribution in [0.2, 0.25) is 0 Å². The van der Waals surface area contributed by atoms with Crippen molar-refractivity contribution in [3.05, 3.63) is 18.6 Å². The number of aromatic nitrogens is 4. The van der Waals surface area contributed by atoms with E-state index in [1.54, 1.807) is 28.8 Å². The summed E-state index contributed by atoms with van der Waals surface area (Å²) in [5, 5.41) is 11.7. The monoisotopic (exact) mass is 166 g/mol. The number of nitrogens with zero attached hydrogens (tertiary/aromatic N) is 4. The molecular weight excluding hydrogens is 160 g/mol. The smallest absolute Gasteiger partial charge is 0.191 e. The highest BCUT2D eigenvalue weighted by atomic mass is 32.2. The lowest BCUT2D eigenvalue weighted by Gasteiger charge is -1.94. The highest BCUT2D eigenvalue weighted by Gasteiger charge is 2.00. The van der Waals surface area contributed by atoms with Crippen LogP contribution in [0.3, 0.4) is 0 Å². The van der Waals surface area contributed by atoms with Crippen LogP contribution in [-0.4, -0.2) is 26.1 Å². The molecule has 0 saturated carbocycles. The molecule has 0 aliphatic carbocycles. The second-order valence-corrected chi connectivity index (χ2v) is 2.85. The van der Waals surface area contributed by atoms with Crippen LogP contribution < -0.4 is 0 Å². The van der Waals surface area contributed by atoms with Crippen LogP contribution in [0, 0.1) is 0 Å². The summed E-state index contributed by atoms with van der Waals surface area (Å²) >= 11 is 1.64. The van der Waals surface area contributed by atoms with Gasteiger partial charge in [0.05, 0.1) is 4.90 Å². The Labute approximate surface area is 67.6 Å². The minimum absolute atomic E-state index is 0.819. The fraction of sp³-hybridized carbons (Fsp3) is 0.167. The van der Waals surface area contributed by atoms with E-state index in [1.165, 1.54) is 0 Å². The van der Waals surface area contributed by atoms with Crippen LogP contribution in [0.25, 0.3) is 5.65 Å². The molecule has 0 aliphatic heterocycles. The third-order valence-electron chi connectivity index (χ3n) is 1.39. The van der Waals surface area contributed by atoms with Crippen molar-refractivity contribution in [3.63, 3.8) is 0 Å². The zero-order chi connectivity index (χ0) is 7.68.